The smallest absolute Gasteiger partial charge is 0.265 e. The van der Waals surface area contributed by atoms with Crippen LogP contribution in [0, 0.1) is 6.92 Å². The molecular weight excluding hydrogens is 282 g/mol. The van der Waals surface area contributed by atoms with Gasteiger partial charge in [0.1, 0.15) is 4.88 Å². The average Bonchev–Trinajstić information content (AvgIpc) is 2.75. The molecule has 0 bridgehead atoms. The van der Waals surface area contributed by atoms with Gasteiger partial charge in [-0.15, -0.1) is 11.3 Å². The van der Waals surface area contributed by atoms with E-state index in [0.717, 1.165) is 10.1 Å². The number of carbonyl (C=O) groups is 1. The lowest BCUT2D eigenvalue weighted by molar-refractivity contribution is 0.0306. The molecule has 2 aromatic rings. The number of rotatable bonds is 1. The summed E-state index contributed by atoms with van der Waals surface area (Å²) in [6.45, 7) is 4.53. The second-order valence-electron chi connectivity index (χ2n) is 4.65. The molecule has 1 amide bonds. The minimum atomic E-state index is 0.0205. The molecule has 0 spiro atoms. The van der Waals surface area contributed by atoms with Crippen molar-refractivity contribution in [2.45, 2.75) is 6.92 Å². The molecule has 19 heavy (non-hydrogen) atoms. The summed E-state index contributed by atoms with van der Waals surface area (Å²) in [4.78, 5) is 14.9. The zero-order valence-corrected chi connectivity index (χ0v) is 12.2. The van der Waals surface area contributed by atoms with Gasteiger partial charge in [0.25, 0.3) is 5.91 Å². The van der Waals surface area contributed by atoms with Gasteiger partial charge in [0, 0.05) is 23.2 Å². The molecule has 0 unspecified atom stereocenters. The molecule has 0 atom stereocenters. The van der Waals surface area contributed by atoms with Crippen LogP contribution in [0.15, 0.2) is 18.2 Å². The van der Waals surface area contributed by atoms with Crippen molar-refractivity contribution in [2.75, 3.05) is 26.3 Å². The standard InChI is InChI=1S/C14H14ClNO2S/c1-9-2-3-10-11(8-9)19-13(12(10)15)14(17)16-4-6-18-7-5-16/h2-3,8H,4-7H2,1H3. The first-order chi connectivity index (χ1) is 9.16. The number of halogens is 1. The Bertz CT molecular complexity index is 632. The summed E-state index contributed by atoms with van der Waals surface area (Å²) in [7, 11) is 0. The van der Waals surface area contributed by atoms with Crippen LogP contribution in [0.5, 0.6) is 0 Å². The summed E-state index contributed by atoms with van der Waals surface area (Å²) in [6, 6.07) is 6.07. The predicted molar refractivity (Wildman–Crippen MR) is 78.3 cm³/mol. The molecule has 1 aliphatic rings. The summed E-state index contributed by atoms with van der Waals surface area (Å²) >= 11 is 7.83. The molecule has 0 aliphatic carbocycles. The van der Waals surface area contributed by atoms with Gasteiger partial charge < -0.3 is 9.64 Å². The van der Waals surface area contributed by atoms with Crippen molar-refractivity contribution < 1.29 is 9.53 Å². The van der Waals surface area contributed by atoms with Crippen LogP contribution in [0.1, 0.15) is 15.2 Å². The van der Waals surface area contributed by atoms with E-state index in [4.69, 9.17) is 16.3 Å². The van der Waals surface area contributed by atoms with E-state index in [0.29, 0.717) is 36.2 Å². The molecule has 1 saturated heterocycles. The van der Waals surface area contributed by atoms with E-state index >= 15 is 0 Å². The van der Waals surface area contributed by atoms with Crippen LogP contribution in [0.25, 0.3) is 10.1 Å². The molecular formula is C14H14ClNO2S. The Morgan fingerprint density at radius 3 is 2.84 bits per heavy atom. The highest BCUT2D eigenvalue weighted by atomic mass is 35.5. The van der Waals surface area contributed by atoms with Crippen molar-refractivity contribution in [2.24, 2.45) is 0 Å². The highest BCUT2D eigenvalue weighted by Gasteiger charge is 2.23. The maximum Gasteiger partial charge on any atom is 0.265 e. The zero-order valence-electron chi connectivity index (χ0n) is 10.6. The van der Waals surface area contributed by atoms with Crippen molar-refractivity contribution in [3.8, 4) is 0 Å². The van der Waals surface area contributed by atoms with E-state index in [1.54, 1.807) is 0 Å². The van der Waals surface area contributed by atoms with Gasteiger partial charge in [0.15, 0.2) is 0 Å². The lowest BCUT2D eigenvalue weighted by Crippen LogP contribution is -2.40. The highest BCUT2D eigenvalue weighted by molar-refractivity contribution is 7.21. The number of benzene rings is 1. The normalized spacial score (nSPS) is 16.0. The number of hydrogen-bond acceptors (Lipinski definition) is 3. The first kappa shape index (κ1) is 12.9. The Balaban J connectivity index is 2.00. The first-order valence-corrected chi connectivity index (χ1v) is 7.42. The van der Waals surface area contributed by atoms with Gasteiger partial charge in [-0.05, 0) is 18.6 Å². The number of hydrogen-bond donors (Lipinski definition) is 0. The fourth-order valence-corrected chi connectivity index (χ4v) is 3.80. The van der Waals surface area contributed by atoms with Gasteiger partial charge in [0.05, 0.1) is 18.2 Å². The SMILES string of the molecule is Cc1ccc2c(Cl)c(C(=O)N3CCOCC3)sc2c1. The molecule has 1 aromatic heterocycles. The highest BCUT2D eigenvalue weighted by Crippen LogP contribution is 2.36. The van der Waals surface area contributed by atoms with E-state index in [-0.39, 0.29) is 5.91 Å². The lowest BCUT2D eigenvalue weighted by atomic mass is 10.2. The fraction of sp³-hybridized carbons (Fsp3) is 0.357. The molecule has 5 heteroatoms. The third kappa shape index (κ3) is 2.36. The molecule has 0 N–H and O–H groups in total. The van der Waals surface area contributed by atoms with Crippen LogP contribution in [-0.2, 0) is 4.74 Å². The third-order valence-corrected chi connectivity index (χ3v) is 4.92. The molecule has 0 radical (unpaired) electrons. The van der Waals surface area contributed by atoms with Gasteiger partial charge in [-0.3, -0.25) is 4.79 Å². The molecule has 1 fully saturated rings. The van der Waals surface area contributed by atoms with Crippen LogP contribution in [0.2, 0.25) is 5.02 Å². The van der Waals surface area contributed by atoms with Crippen molar-refractivity contribution in [1.82, 2.24) is 4.90 Å². The summed E-state index contributed by atoms with van der Waals surface area (Å²) in [5, 5.41) is 1.55. The topological polar surface area (TPSA) is 29.5 Å². The summed E-state index contributed by atoms with van der Waals surface area (Å²) in [5.41, 5.74) is 1.18. The Kier molecular flexibility index (Phi) is 3.48. The van der Waals surface area contributed by atoms with Crippen molar-refractivity contribution in [1.29, 1.82) is 0 Å². The fourth-order valence-electron chi connectivity index (χ4n) is 2.22. The number of amides is 1. The number of thiophene rings is 1. The van der Waals surface area contributed by atoms with Crippen molar-refractivity contribution >= 4 is 38.9 Å². The van der Waals surface area contributed by atoms with Crippen LogP contribution >= 0.6 is 22.9 Å². The number of nitrogens with zero attached hydrogens (tertiary/aromatic N) is 1. The van der Waals surface area contributed by atoms with Crippen LogP contribution in [-0.4, -0.2) is 37.1 Å². The van der Waals surface area contributed by atoms with Crippen molar-refractivity contribution in [3.05, 3.63) is 33.7 Å². The van der Waals surface area contributed by atoms with E-state index in [1.165, 1.54) is 16.9 Å². The largest absolute Gasteiger partial charge is 0.378 e. The Morgan fingerprint density at radius 1 is 1.37 bits per heavy atom. The van der Waals surface area contributed by atoms with Gasteiger partial charge in [-0.2, -0.15) is 0 Å². The second kappa shape index (κ2) is 5.12. The molecule has 100 valence electrons. The molecule has 1 aromatic carbocycles. The number of aryl methyl sites for hydroxylation is 1. The average molecular weight is 296 g/mol. The minimum absolute atomic E-state index is 0.0205. The van der Waals surface area contributed by atoms with Gasteiger partial charge in [-0.1, -0.05) is 23.7 Å². The van der Waals surface area contributed by atoms with E-state index in [9.17, 15) is 4.79 Å². The molecule has 1 aliphatic heterocycles. The lowest BCUT2D eigenvalue weighted by Gasteiger charge is -2.26. The van der Waals surface area contributed by atoms with Gasteiger partial charge in [0.2, 0.25) is 0 Å². The van der Waals surface area contributed by atoms with Gasteiger partial charge >= 0.3 is 0 Å². The quantitative estimate of drug-likeness (QED) is 0.807. The summed E-state index contributed by atoms with van der Waals surface area (Å²) < 4.78 is 6.34. The summed E-state index contributed by atoms with van der Waals surface area (Å²) in [6.07, 6.45) is 0. The van der Waals surface area contributed by atoms with E-state index in [2.05, 4.69) is 6.07 Å². The monoisotopic (exact) mass is 295 g/mol. The van der Waals surface area contributed by atoms with Crippen molar-refractivity contribution in [3.63, 3.8) is 0 Å². The van der Waals surface area contributed by atoms with E-state index < -0.39 is 0 Å². The maximum atomic E-state index is 12.5. The van der Waals surface area contributed by atoms with Gasteiger partial charge in [-0.25, -0.2) is 0 Å². The van der Waals surface area contributed by atoms with Crippen LogP contribution < -0.4 is 0 Å². The molecule has 0 saturated carbocycles. The number of carbonyl (C=O) groups excluding carboxylic acids is 1. The molecule has 3 rings (SSSR count). The molecule has 2 heterocycles. The maximum absolute atomic E-state index is 12.5. The van der Waals surface area contributed by atoms with Crippen LogP contribution in [0.3, 0.4) is 0 Å². The Hall–Kier alpha value is -1.10. The number of morpholine rings is 1. The Labute approximate surface area is 120 Å². The third-order valence-electron chi connectivity index (χ3n) is 3.28. The predicted octanol–water partition coefficient (Wildman–Crippen LogP) is 3.34. The molecule has 3 nitrogen and oxygen atoms in total. The van der Waals surface area contributed by atoms with Crippen LogP contribution in [0.4, 0.5) is 0 Å². The minimum Gasteiger partial charge on any atom is -0.378 e. The zero-order chi connectivity index (χ0) is 13.4. The first-order valence-electron chi connectivity index (χ1n) is 6.22. The summed E-state index contributed by atoms with van der Waals surface area (Å²) in [5.74, 6) is 0.0205. The number of fused-ring (bicyclic) bond motifs is 1. The number of ether oxygens (including phenoxy) is 1. The second-order valence-corrected chi connectivity index (χ2v) is 6.08. The van der Waals surface area contributed by atoms with E-state index in [1.807, 2.05) is 24.0 Å². The Morgan fingerprint density at radius 2 is 2.11 bits per heavy atom.